The second kappa shape index (κ2) is 3.21. The van der Waals surface area contributed by atoms with E-state index in [1.807, 2.05) is 17.3 Å². The van der Waals surface area contributed by atoms with E-state index in [0.717, 1.165) is 19.0 Å². The summed E-state index contributed by atoms with van der Waals surface area (Å²) < 4.78 is 5.25. The predicted octanol–water partition coefficient (Wildman–Crippen LogP) is 0.267. The quantitative estimate of drug-likeness (QED) is 0.604. The van der Waals surface area contributed by atoms with Crippen LogP contribution in [0, 0.1) is 0 Å². The van der Waals surface area contributed by atoms with Gasteiger partial charge in [0.2, 0.25) is 5.88 Å². The molecule has 0 unspecified atom stereocenters. The summed E-state index contributed by atoms with van der Waals surface area (Å²) in [5.41, 5.74) is 0. The zero-order valence-corrected chi connectivity index (χ0v) is 6.60. The molecule has 0 saturated heterocycles. The minimum Gasteiger partial charge on any atom is -0.445 e. The number of ether oxygens (including phenoxy) is 1. The number of rotatable bonds is 1. The predicted molar refractivity (Wildman–Crippen MR) is 44.3 cm³/mol. The maximum Gasteiger partial charge on any atom is 0.217 e. The molecule has 0 spiro atoms. The number of hydrogen-bond acceptors (Lipinski definition) is 3. The van der Waals surface area contributed by atoms with E-state index in [1.54, 1.807) is 18.7 Å². The van der Waals surface area contributed by atoms with Gasteiger partial charge >= 0.3 is 0 Å². The van der Waals surface area contributed by atoms with Gasteiger partial charge in [-0.2, -0.15) is 0 Å². The van der Waals surface area contributed by atoms with Gasteiger partial charge in [-0.15, -0.1) is 0 Å². The summed E-state index contributed by atoms with van der Waals surface area (Å²) in [6.45, 7) is 1.84. The summed E-state index contributed by atoms with van der Waals surface area (Å²) in [6.07, 6.45) is 8.73. The average molecular weight is 164 g/mol. The highest BCUT2D eigenvalue weighted by Gasteiger charge is 2.10. The second-order valence-corrected chi connectivity index (χ2v) is 2.48. The van der Waals surface area contributed by atoms with Crippen molar-refractivity contribution in [2.75, 3.05) is 13.1 Å². The lowest BCUT2D eigenvalue weighted by atomic mass is 10.4. The molecule has 0 aromatic heterocycles. The normalized spacial score (nSPS) is 20.7. The molecular formula is C8H10N3O. The lowest BCUT2D eigenvalue weighted by Gasteiger charge is -2.25. The zero-order chi connectivity index (χ0) is 8.23. The molecule has 1 N–H and O–H groups in total. The van der Waals surface area contributed by atoms with Gasteiger partial charge in [0.05, 0.1) is 12.4 Å². The Hall–Kier alpha value is -1.58. The van der Waals surface area contributed by atoms with Crippen LogP contribution in [0.3, 0.4) is 0 Å². The van der Waals surface area contributed by atoms with Gasteiger partial charge in [-0.25, -0.2) is 0 Å². The molecule has 63 valence electrons. The van der Waals surface area contributed by atoms with Crippen LogP contribution in [0.1, 0.15) is 0 Å². The molecule has 2 aliphatic heterocycles. The van der Waals surface area contributed by atoms with E-state index in [-0.39, 0.29) is 0 Å². The van der Waals surface area contributed by atoms with E-state index in [4.69, 9.17) is 4.74 Å². The van der Waals surface area contributed by atoms with Crippen LogP contribution in [0.2, 0.25) is 0 Å². The second-order valence-electron chi connectivity index (χ2n) is 2.48. The van der Waals surface area contributed by atoms with Crippen molar-refractivity contribution >= 4 is 0 Å². The van der Waals surface area contributed by atoms with Gasteiger partial charge in [-0.1, -0.05) is 0 Å². The van der Waals surface area contributed by atoms with E-state index >= 15 is 0 Å². The molecule has 1 radical (unpaired) electrons. The van der Waals surface area contributed by atoms with Crippen molar-refractivity contribution in [3.05, 3.63) is 36.9 Å². The number of nitrogens with zero attached hydrogens (tertiary/aromatic N) is 2. The van der Waals surface area contributed by atoms with Gasteiger partial charge in [0, 0.05) is 25.5 Å². The fourth-order valence-electron chi connectivity index (χ4n) is 1.08. The summed E-state index contributed by atoms with van der Waals surface area (Å²) in [5, 5.41) is 7.07. The summed E-state index contributed by atoms with van der Waals surface area (Å²) in [5.74, 6) is 0.773. The third kappa shape index (κ3) is 1.37. The summed E-state index contributed by atoms with van der Waals surface area (Å²) >= 11 is 0. The zero-order valence-electron chi connectivity index (χ0n) is 6.60. The molecule has 2 aliphatic rings. The van der Waals surface area contributed by atoms with Crippen LogP contribution in [0.25, 0.3) is 0 Å². The molecule has 4 heteroatoms. The Kier molecular flexibility index (Phi) is 1.90. The third-order valence-corrected chi connectivity index (χ3v) is 1.67. The fourth-order valence-corrected chi connectivity index (χ4v) is 1.08. The maximum atomic E-state index is 5.25. The van der Waals surface area contributed by atoms with Gasteiger partial charge in [-0.3, -0.25) is 5.32 Å². The minimum atomic E-state index is 0.773. The van der Waals surface area contributed by atoms with Crippen LogP contribution in [-0.4, -0.2) is 18.0 Å². The van der Waals surface area contributed by atoms with Gasteiger partial charge in [0.15, 0.2) is 0 Å². The van der Waals surface area contributed by atoms with Gasteiger partial charge in [-0.05, 0) is 0 Å². The SMILES string of the molecule is C1=COC(N2C=CNCC2)=C[N]1. The first-order valence-corrected chi connectivity index (χ1v) is 3.85. The Labute approximate surface area is 71.2 Å². The molecule has 0 saturated carbocycles. The topological polar surface area (TPSA) is 38.6 Å². The highest BCUT2D eigenvalue weighted by atomic mass is 16.5. The fraction of sp³-hybridized carbons (Fsp3) is 0.250. The number of nitrogens with one attached hydrogen (secondary N) is 1. The van der Waals surface area contributed by atoms with Crippen LogP contribution < -0.4 is 10.6 Å². The van der Waals surface area contributed by atoms with Crippen LogP contribution >= 0.6 is 0 Å². The molecule has 2 rings (SSSR count). The maximum absolute atomic E-state index is 5.25. The van der Waals surface area contributed by atoms with Crippen LogP contribution in [0.15, 0.2) is 36.9 Å². The molecule has 0 aromatic rings. The highest BCUT2D eigenvalue weighted by Crippen LogP contribution is 2.10. The first-order chi connectivity index (χ1) is 5.97. The Morgan fingerprint density at radius 1 is 1.58 bits per heavy atom. The summed E-state index contributed by atoms with van der Waals surface area (Å²) in [7, 11) is 0. The molecule has 0 fully saturated rings. The summed E-state index contributed by atoms with van der Waals surface area (Å²) in [6, 6.07) is 0. The molecule has 4 nitrogen and oxygen atoms in total. The van der Waals surface area contributed by atoms with Crippen LogP contribution in [0.5, 0.6) is 0 Å². The van der Waals surface area contributed by atoms with E-state index < -0.39 is 0 Å². The first kappa shape index (κ1) is 7.09. The van der Waals surface area contributed by atoms with E-state index in [2.05, 4.69) is 10.6 Å². The monoisotopic (exact) mass is 164 g/mol. The van der Waals surface area contributed by atoms with E-state index in [1.165, 1.54) is 0 Å². The molecular weight excluding hydrogens is 154 g/mol. The minimum absolute atomic E-state index is 0.773. The molecule has 0 bridgehead atoms. The molecule has 0 amide bonds. The van der Waals surface area contributed by atoms with Gasteiger partial charge in [0.25, 0.3) is 0 Å². The van der Waals surface area contributed by atoms with Crippen molar-refractivity contribution in [1.29, 1.82) is 0 Å². The van der Waals surface area contributed by atoms with Crippen molar-refractivity contribution in [2.24, 2.45) is 0 Å². The van der Waals surface area contributed by atoms with Crippen molar-refractivity contribution in [1.82, 2.24) is 15.5 Å². The highest BCUT2D eigenvalue weighted by molar-refractivity contribution is 5.05. The first-order valence-electron chi connectivity index (χ1n) is 3.85. The van der Waals surface area contributed by atoms with Crippen molar-refractivity contribution in [2.45, 2.75) is 0 Å². The van der Waals surface area contributed by atoms with Crippen molar-refractivity contribution in [3.8, 4) is 0 Å². The third-order valence-electron chi connectivity index (χ3n) is 1.67. The molecule has 2 heterocycles. The van der Waals surface area contributed by atoms with Gasteiger partial charge in [0.1, 0.15) is 6.26 Å². The van der Waals surface area contributed by atoms with Gasteiger partial charge < -0.3 is 15.0 Å². The standard InChI is InChI=1S/C8H10N3O/c1-4-11(5-2-9-1)8-7-10-3-6-12-8/h1,3-4,6-7,9H,2,5H2. The molecule has 0 aromatic carbocycles. The van der Waals surface area contributed by atoms with Crippen LogP contribution in [-0.2, 0) is 4.74 Å². The average Bonchev–Trinajstić information content (AvgIpc) is 2.21. The lowest BCUT2D eigenvalue weighted by Crippen LogP contribution is -2.31. The molecule has 0 aliphatic carbocycles. The number of hydrogen-bond donors (Lipinski definition) is 1. The summed E-state index contributed by atoms with van der Waals surface area (Å²) in [4.78, 5) is 2.00. The van der Waals surface area contributed by atoms with E-state index in [9.17, 15) is 0 Å². The Balaban J connectivity index is 2.03. The van der Waals surface area contributed by atoms with Crippen molar-refractivity contribution < 1.29 is 4.74 Å². The molecule has 0 atom stereocenters. The van der Waals surface area contributed by atoms with E-state index in [0.29, 0.717) is 0 Å². The Bertz CT molecular complexity index is 245. The van der Waals surface area contributed by atoms with Crippen LogP contribution in [0.4, 0.5) is 0 Å². The van der Waals surface area contributed by atoms with Crippen molar-refractivity contribution in [3.63, 3.8) is 0 Å². The Morgan fingerprint density at radius 3 is 3.25 bits per heavy atom. The Morgan fingerprint density at radius 2 is 2.58 bits per heavy atom. The lowest BCUT2D eigenvalue weighted by molar-refractivity contribution is 0.212. The smallest absolute Gasteiger partial charge is 0.217 e. The largest absolute Gasteiger partial charge is 0.445 e. The molecule has 12 heavy (non-hydrogen) atoms.